The summed E-state index contributed by atoms with van der Waals surface area (Å²) in [4.78, 5) is 31.5. The Morgan fingerprint density at radius 2 is 1.49 bits per heavy atom. The molecule has 0 saturated carbocycles. The predicted octanol–water partition coefficient (Wildman–Crippen LogP) is 6.62. The van der Waals surface area contributed by atoms with E-state index in [2.05, 4.69) is 31.0 Å². The van der Waals surface area contributed by atoms with E-state index in [1.807, 2.05) is 68.6 Å². The second-order valence-corrected chi connectivity index (χ2v) is 10.3. The average Bonchev–Trinajstić information content (AvgIpc) is 3.29. The molecule has 0 fully saturated rings. The molecule has 0 bridgehead atoms. The Kier molecular flexibility index (Phi) is 7.26. The van der Waals surface area contributed by atoms with Crippen LogP contribution in [0, 0.1) is 27.7 Å². The lowest BCUT2D eigenvalue weighted by Gasteiger charge is -2.43. The Morgan fingerprint density at radius 1 is 0.892 bits per heavy atom. The van der Waals surface area contributed by atoms with Crippen molar-refractivity contribution in [3.05, 3.63) is 106 Å². The van der Waals surface area contributed by atoms with Crippen molar-refractivity contribution in [1.82, 2.24) is 9.88 Å². The van der Waals surface area contributed by atoms with E-state index in [1.54, 1.807) is 11.8 Å². The Bertz CT molecular complexity index is 1470. The first-order chi connectivity index (χ1) is 17.6. The summed E-state index contributed by atoms with van der Waals surface area (Å²) in [5.74, 6) is -1.79. The number of aromatic amines is 1. The molecule has 1 amide bonds. The maximum atomic E-state index is 13.3. The number of nitrogens with zero attached hydrogens (tertiary/aromatic N) is 1. The number of aryl methyl sites for hydroxylation is 2. The van der Waals surface area contributed by atoms with E-state index in [-0.39, 0.29) is 12.5 Å². The van der Waals surface area contributed by atoms with Gasteiger partial charge in [-0.15, -0.1) is 0 Å². The molecule has 2 atom stereocenters. The van der Waals surface area contributed by atoms with Gasteiger partial charge in [-0.3, -0.25) is 4.79 Å². The third-order valence-electron chi connectivity index (χ3n) is 8.24. The van der Waals surface area contributed by atoms with Gasteiger partial charge in [0.25, 0.3) is 0 Å². The minimum absolute atomic E-state index is 0.220. The van der Waals surface area contributed by atoms with Crippen LogP contribution in [0.4, 0.5) is 0 Å². The number of hydrogen-bond donors (Lipinski definition) is 2. The van der Waals surface area contributed by atoms with Crippen LogP contribution in [0.2, 0.25) is 0 Å². The van der Waals surface area contributed by atoms with Crippen LogP contribution in [0.5, 0.6) is 0 Å². The van der Waals surface area contributed by atoms with Crippen LogP contribution < -0.4 is 0 Å². The minimum atomic E-state index is -1.51. The number of fused-ring (bicyclic) bond motifs is 1. The van der Waals surface area contributed by atoms with Crippen LogP contribution in [0.15, 0.2) is 66.9 Å². The third kappa shape index (κ3) is 4.78. The van der Waals surface area contributed by atoms with Crippen molar-refractivity contribution in [3.63, 3.8) is 0 Å². The van der Waals surface area contributed by atoms with E-state index in [1.165, 1.54) is 6.92 Å². The monoisotopic (exact) mass is 496 g/mol. The van der Waals surface area contributed by atoms with Crippen LogP contribution >= 0.6 is 0 Å². The summed E-state index contributed by atoms with van der Waals surface area (Å²) in [6, 6.07) is 20.0. The molecule has 192 valence electrons. The van der Waals surface area contributed by atoms with Crippen molar-refractivity contribution in [2.45, 2.75) is 66.0 Å². The number of hydrogen-bond acceptors (Lipinski definition) is 2. The molecule has 0 saturated heterocycles. The molecule has 4 aromatic rings. The van der Waals surface area contributed by atoms with Gasteiger partial charge in [-0.1, -0.05) is 54.6 Å². The van der Waals surface area contributed by atoms with Gasteiger partial charge in [-0.05, 0) is 86.1 Å². The van der Waals surface area contributed by atoms with Gasteiger partial charge >= 0.3 is 5.97 Å². The van der Waals surface area contributed by atoms with Gasteiger partial charge < -0.3 is 15.0 Å². The molecule has 5 nitrogen and oxygen atoms in total. The molecule has 5 heteroatoms. The van der Waals surface area contributed by atoms with Gasteiger partial charge in [0, 0.05) is 36.5 Å². The van der Waals surface area contributed by atoms with Gasteiger partial charge in [0.1, 0.15) is 5.54 Å². The van der Waals surface area contributed by atoms with Crippen molar-refractivity contribution >= 4 is 22.8 Å². The Labute approximate surface area is 219 Å². The van der Waals surface area contributed by atoms with Crippen molar-refractivity contribution in [2.75, 3.05) is 0 Å². The predicted molar refractivity (Wildman–Crippen MR) is 149 cm³/mol. The molecule has 3 aromatic carbocycles. The number of carbonyl (C=O) groups excluding carboxylic acids is 1. The number of benzene rings is 3. The highest BCUT2D eigenvalue weighted by Crippen LogP contribution is 2.41. The second-order valence-electron chi connectivity index (χ2n) is 10.3. The fraction of sp³-hybridized carbons (Fsp3) is 0.312. The first-order valence-corrected chi connectivity index (χ1v) is 12.7. The summed E-state index contributed by atoms with van der Waals surface area (Å²) in [5, 5.41) is 11.9. The topological polar surface area (TPSA) is 73.4 Å². The lowest BCUT2D eigenvalue weighted by atomic mass is 9.74. The molecule has 0 aliphatic heterocycles. The van der Waals surface area contributed by atoms with Gasteiger partial charge in [-0.25, -0.2) is 4.79 Å². The molecule has 4 rings (SSSR count). The maximum Gasteiger partial charge on any atom is 0.330 e. The number of amides is 1. The summed E-state index contributed by atoms with van der Waals surface area (Å²) in [6.45, 7) is 11.6. The summed E-state index contributed by atoms with van der Waals surface area (Å²) < 4.78 is 0. The number of para-hydroxylation sites is 1. The molecule has 0 spiro atoms. The number of carboxylic acid groups (broad SMARTS) is 1. The first kappa shape index (κ1) is 26.2. The van der Waals surface area contributed by atoms with Crippen LogP contribution in [0.25, 0.3) is 10.9 Å². The van der Waals surface area contributed by atoms with E-state index < -0.39 is 17.4 Å². The molecule has 1 heterocycles. The molecule has 0 aliphatic carbocycles. The molecule has 1 aromatic heterocycles. The normalized spacial score (nSPS) is 13.8. The number of rotatable bonds is 8. The molecule has 0 radical (unpaired) electrons. The van der Waals surface area contributed by atoms with Crippen molar-refractivity contribution in [1.29, 1.82) is 0 Å². The number of aromatic nitrogens is 1. The van der Waals surface area contributed by atoms with Crippen molar-refractivity contribution in [3.8, 4) is 0 Å². The Morgan fingerprint density at radius 3 is 2.11 bits per heavy atom. The zero-order valence-corrected chi connectivity index (χ0v) is 22.6. The van der Waals surface area contributed by atoms with E-state index >= 15 is 0 Å². The fourth-order valence-electron chi connectivity index (χ4n) is 5.46. The molecular formula is C32H36N2O3. The van der Waals surface area contributed by atoms with Gasteiger partial charge in [0.2, 0.25) is 5.91 Å². The minimum Gasteiger partial charge on any atom is -0.479 e. The lowest BCUT2D eigenvalue weighted by molar-refractivity contribution is -0.160. The summed E-state index contributed by atoms with van der Waals surface area (Å²) in [6.07, 6.45) is 2.40. The zero-order chi connectivity index (χ0) is 26.9. The highest BCUT2D eigenvalue weighted by molar-refractivity contribution is 5.90. The summed E-state index contributed by atoms with van der Waals surface area (Å²) in [5.41, 5.74) is 6.85. The smallest absolute Gasteiger partial charge is 0.330 e. The quantitative estimate of drug-likeness (QED) is 0.288. The third-order valence-corrected chi connectivity index (χ3v) is 8.24. The van der Waals surface area contributed by atoms with E-state index in [4.69, 9.17) is 0 Å². The Balaban J connectivity index is 1.93. The SMILES string of the molecule is CC(=O)N(Cc1cccc(C)c1C)[C@@](C)(C(=O)O)C(Cc1cccc(C)c1C)c1c[nH]c2ccccc12. The van der Waals surface area contributed by atoms with E-state index in [0.29, 0.717) is 6.42 Å². The van der Waals surface area contributed by atoms with Crippen LogP contribution in [-0.4, -0.2) is 32.4 Å². The second kappa shape index (κ2) is 10.3. The number of aliphatic carboxylic acids is 1. The first-order valence-electron chi connectivity index (χ1n) is 12.7. The van der Waals surface area contributed by atoms with E-state index in [9.17, 15) is 14.7 Å². The highest BCUT2D eigenvalue weighted by atomic mass is 16.4. The van der Waals surface area contributed by atoms with Gasteiger partial charge in [-0.2, -0.15) is 0 Å². The maximum absolute atomic E-state index is 13.3. The van der Waals surface area contributed by atoms with Crippen molar-refractivity contribution < 1.29 is 14.7 Å². The lowest BCUT2D eigenvalue weighted by Crippen LogP contribution is -2.58. The van der Waals surface area contributed by atoms with Crippen molar-refractivity contribution in [2.24, 2.45) is 0 Å². The number of nitrogens with one attached hydrogen (secondary N) is 1. The largest absolute Gasteiger partial charge is 0.479 e. The molecule has 0 aliphatic rings. The molecular weight excluding hydrogens is 460 g/mol. The highest BCUT2D eigenvalue weighted by Gasteiger charge is 2.49. The van der Waals surface area contributed by atoms with Crippen LogP contribution in [0.1, 0.15) is 58.7 Å². The van der Waals surface area contributed by atoms with Crippen LogP contribution in [-0.2, 0) is 22.6 Å². The van der Waals surface area contributed by atoms with Gasteiger partial charge in [0.15, 0.2) is 0 Å². The molecule has 1 unspecified atom stereocenters. The fourth-order valence-corrected chi connectivity index (χ4v) is 5.46. The Hall–Kier alpha value is -3.86. The van der Waals surface area contributed by atoms with Gasteiger partial charge in [0.05, 0.1) is 0 Å². The van der Waals surface area contributed by atoms with Crippen LogP contribution in [0.3, 0.4) is 0 Å². The molecule has 37 heavy (non-hydrogen) atoms. The van der Waals surface area contributed by atoms with E-state index in [0.717, 1.165) is 49.8 Å². The number of H-pyrrole nitrogens is 1. The molecule has 2 N–H and O–H groups in total. The zero-order valence-electron chi connectivity index (χ0n) is 22.6. The standard InChI is InChI=1S/C32H36N2O3/c1-20-11-9-13-25(22(20)3)17-29(28-18-33-30-16-8-7-15-27(28)30)32(6,31(36)37)34(24(5)35)19-26-14-10-12-21(2)23(26)4/h7-16,18,29,33H,17,19H2,1-6H3,(H,36,37)/t29?,32-/m1/s1. The number of carbonyl (C=O) groups is 2. The summed E-state index contributed by atoms with van der Waals surface area (Å²) >= 11 is 0. The summed E-state index contributed by atoms with van der Waals surface area (Å²) in [7, 11) is 0. The average molecular weight is 497 g/mol. The number of carboxylic acids is 1.